The number of thioether (sulfide) groups is 1. The Morgan fingerprint density at radius 1 is 1.33 bits per heavy atom. The molecule has 1 fully saturated rings. The molecule has 0 radical (unpaired) electrons. The van der Waals surface area contributed by atoms with Crippen LogP contribution in [0.3, 0.4) is 0 Å². The van der Waals surface area contributed by atoms with E-state index in [9.17, 15) is 14.7 Å². The van der Waals surface area contributed by atoms with E-state index in [1.807, 2.05) is 6.26 Å². The van der Waals surface area contributed by atoms with Gasteiger partial charge in [0.25, 0.3) is 0 Å². The minimum absolute atomic E-state index is 0.149. The van der Waals surface area contributed by atoms with Crippen molar-refractivity contribution in [1.29, 1.82) is 0 Å². The fourth-order valence-corrected chi connectivity index (χ4v) is 2.94. The van der Waals surface area contributed by atoms with E-state index < -0.39 is 23.1 Å². The highest BCUT2D eigenvalue weighted by Gasteiger charge is 2.50. The fraction of sp³-hybridized carbons (Fsp3) is 0.867. The van der Waals surface area contributed by atoms with E-state index in [0.717, 1.165) is 25.0 Å². The van der Waals surface area contributed by atoms with E-state index in [1.165, 1.54) is 0 Å². The first-order valence-corrected chi connectivity index (χ1v) is 8.80. The number of ether oxygens (including phenoxy) is 1. The van der Waals surface area contributed by atoms with Crippen LogP contribution in [0.4, 0.5) is 4.79 Å². The Labute approximate surface area is 131 Å². The number of hydrogen-bond acceptors (Lipinski definition) is 4. The van der Waals surface area contributed by atoms with E-state index in [0.29, 0.717) is 6.42 Å². The van der Waals surface area contributed by atoms with Crippen LogP contribution >= 0.6 is 11.8 Å². The normalized spacial score (nSPS) is 17.9. The molecule has 6 heteroatoms. The van der Waals surface area contributed by atoms with Crippen molar-refractivity contribution in [3.05, 3.63) is 0 Å². The van der Waals surface area contributed by atoms with E-state index in [1.54, 1.807) is 32.5 Å². The van der Waals surface area contributed by atoms with Crippen molar-refractivity contribution in [2.24, 2.45) is 11.3 Å². The molecule has 0 aromatic rings. The van der Waals surface area contributed by atoms with Gasteiger partial charge in [-0.25, -0.2) is 4.79 Å². The fourth-order valence-electron chi connectivity index (χ4n) is 2.51. The van der Waals surface area contributed by atoms with Gasteiger partial charge in [0.2, 0.25) is 0 Å². The first-order valence-electron chi connectivity index (χ1n) is 7.40. The molecule has 0 bridgehead atoms. The zero-order valence-corrected chi connectivity index (χ0v) is 14.2. The number of alkyl carbamates (subject to hydrolysis) is 1. The molecule has 0 aromatic carbocycles. The molecular formula is C15H27NO4S. The lowest BCUT2D eigenvalue weighted by Gasteiger charge is -2.30. The Kier molecular flexibility index (Phi) is 6.38. The Hall–Kier alpha value is -0.910. The van der Waals surface area contributed by atoms with Crippen LogP contribution in [0.25, 0.3) is 0 Å². The van der Waals surface area contributed by atoms with Crippen molar-refractivity contribution in [3.8, 4) is 0 Å². The number of carboxylic acids is 1. The molecule has 1 unspecified atom stereocenters. The predicted molar refractivity (Wildman–Crippen MR) is 84.6 cm³/mol. The van der Waals surface area contributed by atoms with Gasteiger partial charge in [-0.15, -0.1) is 0 Å². The van der Waals surface area contributed by atoms with Crippen molar-refractivity contribution in [2.45, 2.75) is 52.1 Å². The number of amides is 1. The molecule has 0 heterocycles. The third-order valence-electron chi connectivity index (χ3n) is 3.70. The zero-order valence-electron chi connectivity index (χ0n) is 13.4. The van der Waals surface area contributed by atoms with Crippen LogP contribution in [0, 0.1) is 11.3 Å². The quantitative estimate of drug-likeness (QED) is 0.673. The van der Waals surface area contributed by atoms with Gasteiger partial charge in [0, 0.05) is 6.54 Å². The maximum absolute atomic E-state index is 11.8. The number of carbonyl (C=O) groups excluding carboxylic acids is 1. The van der Waals surface area contributed by atoms with Gasteiger partial charge in [0.05, 0.1) is 5.41 Å². The molecule has 5 nitrogen and oxygen atoms in total. The van der Waals surface area contributed by atoms with Crippen LogP contribution in [0.15, 0.2) is 0 Å². The topological polar surface area (TPSA) is 75.6 Å². The highest BCUT2D eigenvalue weighted by molar-refractivity contribution is 7.98. The average molecular weight is 317 g/mol. The number of aliphatic carboxylic acids is 1. The van der Waals surface area contributed by atoms with Gasteiger partial charge in [-0.1, -0.05) is 0 Å². The lowest BCUT2D eigenvalue weighted by atomic mass is 9.78. The number of carbonyl (C=O) groups is 2. The largest absolute Gasteiger partial charge is 0.481 e. The standard InChI is InChI=1S/C15H27NO4S/c1-14(2,3)20-13(19)16-10-15(12(17)18,11-6-7-11)8-5-9-21-4/h11H,5-10H2,1-4H3,(H,16,19)(H,17,18). The molecule has 1 rings (SSSR count). The molecule has 1 amide bonds. The highest BCUT2D eigenvalue weighted by atomic mass is 32.2. The summed E-state index contributed by atoms with van der Waals surface area (Å²) in [7, 11) is 0. The SMILES string of the molecule is CSCCCC(CNC(=O)OC(C)(C)C)(C(=O)O)C1CC1. The molecule has 1 aliphatic carbocycles. The smallest absolute Gasteiger partial charge is 0.407 e. The second-order valence-corrected chi connectivity index (χ2v) is 7.67. The summed E-state index contributed by atoms with van der Waals surface area (Å²) in [5.41, 5.74) is -1.42. The summed E-state index contributed by atoms with van der Waals surface area (Å²) < 4.78 is 5.19. The molecule has 0 aliphatic heterocycles. The average Bonchev–Trinajstić information content (AvgIpc) is 3.15. The summed E-state index contributed by atoms with van der Waals surface area (Å²) in [5.74, 6) is 0.308. The summed E-state index contributed by atoms with van der Waals surface area (Å²) in [6.45, 7) is 5.51. The van der Waals surface area contributed by atoms with Gasteiger partial charge in [0.15, 0.2) is 0 Å². The number of hydrogen-bond donors (Lipinski definition) is 2. The summed E-state index contributed by atoms with van der Waals surface area (Å²) in [6.07, 6.45) is 4.78. The number of rotatable bonds is 8. The van der Waals surface area contributed by atoms with Gasteiger partial charge in [-0.05, 0) is 64.4 Å². The third-order valence-corrected chi connectivity index (χ3v) is 4.40. The van der Waals surface area contributed by atoms with Gasteiger partial charge < -0.3 is 15.2 Å². The van der Waals surface area contributed by atoms with Crippen molar-refractivity contribution in [3.63, 3.8) is 0 Å². The Morgan fingerprint density at radius 2 is 1.95 bits per heavy atom. The minimum atomic E-state index is -0.841. The predicted octanol–water partition coefficient (Wildman–Crippen LogP) is 3.14. The minimum Gasteiger partial charge on any atom is -0.481 e. The molecule has 1 aliphatic rings. The molecule has 1 saturated carbocycles. The van der Waals surface area contributed by atoms with E-state index in [2.05, 4.69) is 5.32 Å². The maximum Gasteiger partial charge on any atom is 0.407 e. The van der Waals surface area contributed by atoms with Gasteiger partial charge >= 0.3 is 12.1 Å². The van der Waals surface area contributed by atoms with Crippen LogP contribution < -0.4 is 5.32 Å². The molecule has 122 valence electrons. The Bertz CT molecular complexity index is 376. The van der Waals surface area contributed by atoms with Crippen molar-refractivity contribution < 1.29 is 19.4 Å². The van der Waals surface area contributed by atoms with E-state index in [4.69, 9.17) is 4.74 Å². The van der Waals surface area contributed by atoms with E-state index >= 15 is 0 Å². The third kappa shape index (κ3) is 5.77. The maximum atomic E-state index is 11.8. The summed E-state index contributed by atoms with van der Waals surface area (Å²) in [4.78, 5) is 23.6. The van der Waals surface area contributed by atoms with Gasteiger partial charge in [-0.2, -0.15) is 11.8 Å². The van der Waals surface area contributed by atoms with Crippen LogP contribution in [-0.4, -0.2) is 41.3 Å². The number of nitrogens with one attached hydrogen (secondary N) is 1. The van der Waals surface area contributed by atoms with Gasteiger partial charge in [-0.3, -0.25) is 4.79 Å². The van der Waals surface area contributed by atoms with Crippen LogP contribution in [0.1, 0.15) is 46.5 Å². The molecule has 0 aromatic heterocycles. The first kappa shape index (κ1) is 18.1. The first-order chi connectivity index (χ1) is 9.71. The molecule has 21 heavy (non-hydrogen) atoms. The molecule has 2 N–H and O–H groups in total. The second-order valence-electron chi connectivity index (χ2n) is 6.69. The zero-order chi connectivity index (χ0) is 16.1. The molecule has 0 spiro atoms. The monoisotopic (exact) mass is 317 g/mol. The molecule has 1 atom stereocenters. The summed E-state index contributed by atoms with van der Waals surface area (Å²) in [5, 5.41) is 12.3. The molecular weight excluding hydrogens is 290 g/mol. The van der Waals surface area contributed by atoms with Crippen molar-refractivity contribution >= 4 is 23.8 Å². The second kappa shape index (κ2) is 7.38. The summed E-state index contributed by atoms with van der Waals surface area (Å²) >= 11 is 1.71. The highest BCUT2D eigenvalue weighted by Crippen LogP contribution is 2.48. The van der Waals surface area contributed by atoms with Crippen molar-refractivity contribution in [1.82, 2.24) is 5.32 Å². The van der Waals surface area contributed by atoms with Crippen LogP contribution in [0.5, 0.6) is 0 Å². The number of carboxylic acid groups (broad SMARTS) is 1. The van der Waals surface area contributed by atoms with Crippen molar-refractivity contribution in [2.75, 3.05) is 18.6 Å². The molecule has 0 saturated heterocycles. The van der Waals surface area contributed by atoms with Crippen LogP contribution in [0.2, 0.25) is 0 Å². The lowest BCUT2D eigenvalue weighted by Crippen LogP contribution is -2.46. The summed E-state index contributed by atoms with van der Waals surface area (Å²) in [6, 6.07) is 0. The van der Waals surface area contributed by atoms with Crippen LogP contribution in [-0.2, 0) is 9.53 Å². The van der Waals surface area contributed by atoms with Gasteiger partial charge in [0.1, 0.15) is 5.60 Å². The Balaban J connectivity index is 2.64. The Morgan fingerprint density at radius 3 is 2.38 bits per heavy atom. The van der Waals surface area contributed by atoms with E-state index in [-0.39, 0.29) is 12.5 Å². The lowest BCUT2D eigenvalue weighted by molar-refractivity contribution is -0.150.